The summed E-state index contributed by atoms with van der Waals surface area (Å²) in [5.74, 6) is 1.41. The van der Waals surface area contributed by atoms with Crippen LogP contribution in [0.15, 0.2) is 42.5 Å². The van der Waals surface area contributed by atoms with E-state index in [9.17, 15) is 5.26 Å². The second-order valence-corrected chi connectivity index (χ2v) is 5.00. The number of aromatic nitrogens is 2. The number of benzene rings is 2. The Balaban J connectivity index is 2.03. The fraction of sp³-hybridized carbons (Fsp3) is 0.111. The van der Waals surface area contributed by atoms with Crippen LogP contribution in [0.25, 0.3) is 22.7 Å². The molecule has 0 unspecified atom stereocenters. The Morgan fingerprint density at radius 3 is 2.77 bits per heavy atom. The summed E-state index contributed by atoms with van der Waals surface area (Å²) < 4.78 is 5.25. The fourth-order valence-corrected chi connectivity index (χ4v) is 2.39. The maximum absolute atomic E-state index is 9.43. The third-order valence-corrected chi connectivity index (χ3v) is 3.49. The van der Waals surface area contributed by atoms with Crippen LogP contribution in [0.3, 0.4) is 0 Å². The molecule has 0 radical (unpaired) electrons. The van der Waals surface area contributed by atoms with E-state index < -0.39 is 0 Å². The van der Waals surface area contributed by atoms with E-state index in [-0.39, 0.29) is 0 Å². The summed E-state index contributed by atoms with van der Waals surface area (Å²) in [7, 11) is 1.65. The molecule has 4 heteroatoms. The van der Waals surface area contributed by atoms with Crippen LogP contribution in [0.5, 0.6) is 5.75 Å². The summed E-state index contributed by atoms with van der Waals surface area (Å²) >= 11 is 0. The molecular weight excluding hydrogens is 274 g/mol. The van der Waals surface area contributed by atoms with E-state index in [0.717, 1.165) is 27.9 Å². The van der Waals surface area contributed by atoms with Gasteiger partial charge in [0.05, 0.1) is 23.7 Å². The molecule has 0 aliphatic carbocycles. The van der Waals surface area contributed by atoms with Crippen molar-refractivity contribution >= 4 is 22.7 Å². The van der Waals surface area contributed by atoms with Crippen LogP contribution in [-0.2, 0) is 0 Å². The number of allylic oxidation sites excluding steroid dienone is 1. The lowest BCUT2D eigenvalue weighted by atomic mass is 10.1. The van der Waals surface area contributed by atoms with Crippen molar-refractivity contribution in [3.05, 3.63) is 59.4 Å². The number of aromatic amines is 1. The molecule has 0 aliphatic rings. The SMILES string of the molecule is COc1ccc(/C=C(/C#N)c2nc3ccccc3[nH]2)cc1C. The maximum atomic E-state index is 9.43. The number of hydrogen-bond acceptors (Lipinski definition) is 3. The number of rotatable bonds is 3. The minimum atomic E-state index is 0.501. The number of methoxy groups -OCH3 is 1. The number of hydrogen-bond donors (Lipinski definition) is 1. The van der Waals surface area contributed by atoms with Crippen LogP contribution in [0.1, 0.15) is 17.0 Å². The van der Waals surface area contributed by atoms with Crippen LogP contribution in [0.2, 0.25) is 0 Å². The monoisotopic (exact) mass is 289 g/mol. The summed E-state index contributed by atoms with van der Waals surface area (Å²) in [4.78, 5) is 7.64. The van der Waals surface area contributed by atoms with Crippen molar-refractivity contribution in [3.63, 3.8) is 0 Å². The zero-order valence-corrected chi connectivity index (χ0v) is 12.4. The number of nitrogens with zero attached hydrogens (tertiary/aromatic N) is 2. The molecule has 1 N–H and O–H groups in total. The van der Waals surface area contributed by atoms with E-state index in [1.54, 1.807) is 7.11 Å². The normalized spacial score (nSPS) is 11.4. The molecule has 108 valence electrons. The van der Waals surface area contributed by atoms with Gasteiger partial charge >= 0.3 is 0 Å². The Morgan fingerprint density at radius 1 is 1.27 bits per heavy atom. The van der Waals surface area contributed by atoms with Crippen molar-refractivity contribution in [1.29, 1.82) is 5.26 Å². The highest BCUT2D eigenvalue weighted by atomic mass is 16.5. The zero-order valence-electron chi connectivity index (χ0n) is 12.4. The second kappa shape index (κ2) is 5.74. The summed E-state index contributed by atoms with van der Waals surface area (Å²) in [6.45, 7) is 1.98. The molecule has 0 spiro atoms. The number of ether oxygens (including phenoxy) is 1. The third-order valence-electron chi connectivity index (χ3n) is 3.49. The van der Waals surface area contributed by atoms with E-state index in [2.05, 4.69) is 16.0 Å². The summed E-state index contributed by atoms with van der Waals surface area (Å²) in [5.41, 5.74) is 4.24. The number of H-pyrrole nitrogens is 1. The van der Waals surface area contributed by atoms with E-state index in [0.29, 0.717) is 11.4 Å². The largest absolute Gasteiger partial charge is 0.496 e. The first kappa shape index (κ1) is 13.9. The van der Waals surface area contributed by atoms with Gasteiger partial charge in [0.1, 0.15) is 17.6 Å². The van der Waals surface area contributed by atoms with Crippen molar-refractivity contribution in [1.82, 2.24) is 9.97 Å². The molecule has 0 aliphatic heterocycles. The highest BCUT2D eigenvalue weighted by Gasteiger charge is 2.08. The number of para-hydroxylation sites is 2. The standard InChI is InChI=1S/C18H15N3O/c1-12-9-13(7-8-17(12)22-2)10-14(11-19)18-20-15-5-3-4-6-16(15)21-18/h3-10H,1-2H3,(H,20,21)/b14-10-. The average molecular weight is 289 g/mol. The molecule has 0 saturated heterocycles. The van der Waals surface area contributed by atoms with E-state index in [4.69, 9.17) is 4.74 Å². The van der Waals surface area contributed by atoms with Gasteiger partial charge in [-0.1, -0.05) is 18.2 Å². The average Bonchev–Trinajstić information content (AvgIpc) is 2.96. The van der Waals surface area contributed by atoms with Crippen LogP contribution >= 0.6 is 0 Å². The van der Waals surface area contributed by atoms with Gasteiger partial charge in [-0.3, -0.25) is 0 Å². The number of fused-ring (bicyclic) bond motifs is 1. The molecule has 0 amide bonds. The first-order valence-corrected chi connectivity index (χ1v) is 6.93. The lowest BCUT2D eigenvalue weighted by Crippen LogP contribution is -1.88. The number of nitrogens with one attached hydrogen (secondary N) is 1. The first-order chi connectivity index (χ1) is 10.7. The maximum Gasteiger partial charge on any atom is 0.149 e. The third kappa shape index (κ3) is 2.57. The highest BCUT2D eigenvalue weighted by molar-refractivity contribution is 5.90. The predicted octanol–water partition coefficient (Wildman–Crippen LogP) is 3.94. The molecule has 1 heterocycles. The number of aryl methyl sites for hydroxylation is 1. The summed E-state index contributed by atoms with van der Waals surface area (Å²) in [5, 5.41) is 9.43. The topological polar surface area (TPSA) is 61.7 Å². The van der Waals surface area contributed by atoms with Crippen LogP contribution in [0.4, 0.5) is 0 Å². The Kier molecular flexibility index (Phi) is 3.63. The highest BCUT2D eigenvalue weighted by Crippen LogP contribution is 2.23. The Hall–Kier alpha value is -3.06. The van der Waals surface area contributed by atoms with E-state index in [1.807, 2.05) is 55.5 Å². The molecule has 0 fully saturated rings. The minimum Gasteiger partial charge on any atom is -0.496 e. The molecule has 0 saturated carbocycles. The van der Waals surface area contributed by atoms with Crippen molar-refractivity contribution in [2.75, 3.05) is 7.11 Å². The van der Waals surface area contributed by atoms with Gasteiger partial charge in [-0.25, -0.2) is 4.98 Å². The van der Waals surface area contributed by atoms with E-state index >= 15 is 0 Å². The lowest BCUT2D eigenvalue weighted by molar-refractivity contribution is 0.411. The Morgan fingerprint density at radius 2 is 2.09 bits per heavy atom. The van der Waals surface area contributed by atoms with Crippen LogP contribution in [0, 0.1) is 18.3 Å². The fourth-order valence-electron chi connectivity index (χ4n) is 2.39. The lowest BCUT2D eigenvalue weighted by Gasteiger charge is -2.05. The van der Waals surface area contributed by atoms with Crippen molar-refractivity contribution in [2.45, 2.75) is 6.92 Å². The van der Waals surface area contributed by atoms with Crippen LogP contribution in [-0.4, -0.2) is 17.1 Å². The molecule has 4 nitrogen and oxygen atoms in total. The van der Waals surface area contributed by atoms with E-state index in [1.165, 1.54) is 0 Å². The van der Waals surface area contributed by atoms with Gasteiger partial charge in [0, 0.05) is 0 Å². The summed E-state index contributed by atoms with van der Waals surface area (Å²) in [6, 6.07) is 15.7. The number of nitriles is 1. The summed E-state index contributed by atoms with van der Waals surface area (Å²) in [6.07, 6.45) is 1.82. The van der Waals surface area contributed by atoms with Gasteiger partial charge in [0.15, 0.2) is 0 Å². The Labute approximate surface area is 128 Å². The zero-order chi connectivity index (χ0) is 15.5. The molecule has 3 aromatic rings. The van der Waals surface area contributed by atoms with Gasteiger partial charge in [0.2, 0.25) is 0 Å². The predicted molar refractivity (Wildman–Crippen MR) is 87.3 cm³/mol. The Bertz CT molecular complexity index is 867. The first-order valence-electron chi connectivity index (χ1n) is 6.93. The second-order valence-electron chi connectivity index (χ2n) is 5.00. The molecular formula is C18H15N3O. The van der Waals surface area contributed by atoms with Gasteiger partial charge in [-0.05, 0) is 48.4 Å². The van der Waals surface area contributed by atoms with Crippen molar-refractivity contribution < 1.29 is 4.74 Å². The van der Waals surface area contributed by atoms with Gasteiger partial charge < -0.3 is 9.72 Å². The van der Waals surface area contributed by atoms with Crippen molar-refractivity contribution in [2.24, 2.45) is 0 Å². The van der Waals surface area contributed by atoms with Gasteiger partial charge in [0.25, 0.3) is 0 Å². The van der Waals surface area contributed by atoms with Crippen LogP contribution < -0.4 is 4.74 Å². The van der Waals surface area contributed by atoms with Crippen molar-refractivity contribution in [3.8, 4) is 11.8 Å². The number of imidazole rings is 1. The smallest absolute Gasteiger partial charge is 0.149 e. The molecule has 0 atom stereocenters. The van der Waals surface area contributed by atoms with Gasteiger partial charge in [-0.2, -0.15) is 5.26 Å². The molecule has 22 heavy (non-hydrogen) atoms. The molecule has 2 aromatic carbocycles. The molecule has 1 aromatic heterocycles. The van der Waals surface area contributed by atoms with Gasteiger partial charge in [-0.15, -0.1) is 0 Å². The minimum absolute atomic E-state index is 0.501. The molecule has 0 bridgehead atoms. The molecule has 3 rings (SSSR count). The quantitative estimate of drug-likeness (QED) is 0.743.